The van der Waals surface area contributed by atoms with E-state index in [0.29, 0.717) is 17.9 Å². The number of nitro benzene ring substituents is 1. The first kappa shape index (κ1) is 17.8. The average molecular weight is 339 g/mol. The van der Waals surface area contributed by atoms with Crippen molar-refractivity contribution in [2.24, 2.45) is 5.10 Å². The highest BCUT2D eigenvalue weighted by Gasteiger charge is 2.10. The van der Waals surface area contributed by atoms with Crippen LogP contribution in [0.2, 0.25) is 0 Å². The maximum absolute atomic E-state index is 10.9. The van der Waals surface area contributed by atoms with E-state index in [2.05, 4.69) is 16.4 Å². The summed E-state index contributed by atoms with van der Waals surface area (Å²) in [6.45, 7) is 0.503. The Bertz CT molecular complexity index is 812. The van der Waals surface area contributed by atoms with E-state index < -0.39 is 4.92 Å². The Balaban J connectivity index is 2.11. The van der Waals surface area contributed by atoms with E-state index in [1.54, 1.807) is 7.11 Å². The molecule has 0 fully saturated rings. The maximum atomic E-state index is 10.9. The Labute approximate surface area is 145 Å². The highest BCUT2D eigenvalue weighted by molar-refractivity contribution is 5.84. The fraction of sp³-hybridized carbons (Fsp3) is 0.167. The summed E-state index contributed by atoms with van der Waals surface area (Å²) >= 11 is 0. The Morgan fingerprint density at radius 1 is 1.32 bits per heavy atom. The first-order chi connectivity index (χ1) is 12.2. The molecule has 0 aliphatic carbocycles. The van der Waals surface area contributed by atoms with Crippen molar-refractivity contribution in [2.45, 2.75) is 6.54 Å². The van der Waals surface area contributed by atoms with Crippen LogP contribution >= 0.6 is 0 Å². The van der Waals surface area contributed by atoms with E-state index in [1.807, 2.05) is 24.3 Å². The third kappa shape index (κ3) is 4.97. The Hall–Kier alpha value is -3.53. The van der Waals surface area contributed by atoms with Gasteiger partial charge in [-0.25, -0.2) is 0 Å². The zero-order chi connectivity index (χ0) is 18.1. The lowest BCUT2D eigenvalue weighted by atomic mass is 10.2. The number of hydrogen-bond acceptors (Lipinski definition) is 6. The monoisotopic (exact) mass is 339 g/mol. The molecule has 2 aromatic carbocycles. The lowest BCUT2D eigenvalue weighted by Crippen LogP contribution is -2.07. The van der Waals surface area contributed by atoms with Gasteiger partial charge in [-0.05, 0) is 12.1 Å². The van der Waals surface area contributed by atoms with Crippen molar-refractivity contribution in [3.05, 3.63) is 63.7 Å². The molecule has 1 N–H and O–H groups in total. The van der Waals surface area contributed by atoms with E-state index >= 15 is 0 Å². The summed E-state index contributed by atoms with van der Waals surface area (Å²) in [7, 11) is 1.60. The molecule has 0 amide bonds. The minimum Gasteiger partial charge on any atom is -0.496 e. The van der Waals surface area contributed by atoms with E-state index in [0.717, 1.165) is 11.3 Å². The summed E-state index contributed by atoms with van der Waals surface area (Å²) in [5.74, 6) is 3.52. The van der Waals surface area contributed by atoms with Crippen LogP contribution < -0.4 is 14.9 Å². The number of methoxy groups -OCH3 is 1. The van der Waals surface area contributed by atoms with Crippen molar-refractivity contribution in [1.82, 2.24) is 5.43 Å². The molecule has 0 aliphatic rings. The van der Waals surface area contributed by atoms with Crippen LogP contribution in [0.15, 0.2) is 47.6 Å². The molecule has 2 aromatic rings. The van der Waals surface area contributed by atoms with Crippen LogP contribution in [0.3, 0.4) is 0 Å². The summed E-state index contributed by atoms with van der Waals surface area (Å²) in [6, 6.07) is 11.8. The van der Waals surface area contributed by atoms with E-state index in [1.165, 1.54) is 24.4 Å². The lowest BCUT2D eigenvalue weighted by molar-refractivity contribution is -0.384. The number of ether oxygens (including phenoxy) is 2. The molecule has 7 nitrogen and oxygen atoms in total. The van der Waals surface area contributed by atoms with Crippen LogP contribution in [-0.4, -0.2) is 24.9 Å². The second-order valence-corrected chi connectivity index (χ2v) is 4.88. The van der Waals surface area contributed by atoms with Gasteiger partial charge in [0.15, 0.2) is 0 Å². The van der Waals surface area contributed by atoms with Crippen LogP contribution in [0, 0.1) is 22.5 Å². The average Bonchev–Trinajstić information content (AvgIpc) is 2.64. The minimum atomic E-state index is -0.482. The lowest BCUT2D eigenvalue weighted by Gasteiger charge is -2.08. The second kappa shape index (κ2) is 8.93. The standard InChI is InChI=1S/C18H17N3O4/c1-3-10-25-18-9-8-16(21(22)23)11-15(18)13-20-19-12-14-6-4-5-7-17(14)24-2/h1,4-9,11,13,19H,10,12H2,2H3/b20-13-. The summed E-state index contributed by atoms with van der Waals surface area (Å²) in [6.07, 6.45) is 6.63. The van der Waals surface area contributed by atoms with Crippen molar-refractivity contribution in [2.75, 3.05) is 13.7 Å². The number of hydrogen-bond donors (Lipinski definition) is 1. The van der Waals surface area contributed by atoms with Gasteiger partial charge in [0.25, 0.3) is 5.69 Å². The summed E-state index contributed by atoms with van der Waals surface area (Å²) in [4.78, 5) is 10.4. The van der Waals surface area contributed by atoms with Gasteiger partial charge >= 0.3 is 0 Å². The number of nitro groups is 1. The van der Waals surface area contributed by atoms with Crippen molar-refractivity contribution in [3.63, 3.8) is 0 Å². The Morgan fingerprint density at radius 2 is 2.12 bits per heavy atom. The molecule has 0 bridgehead atoms. The highest BCUT2D eigenvalue weighted by atomic mass is 16.6. The van der Waals surface area contributed by atoms with Gasteiger partial charge in [0.1, 0.15) is 18.1 Å². The molecular weight excluding hydrogens is 322 g/mol. The minimum absolute atomic E-state index is 0.0563. The molecule has 7 heteroatoms. The molecule has 0 unspecified atom stereocenters. The van der Waals surface area contributed by atoms with Crippen molar-refractivity contribution < 1.29 is 14.4 Å². The molecule has 0 aromatic heterocycles. The van der Waals surface area contributed by atoms with Gasteiger partial charge in [0.2, 0.25) is 0 Å². The highest BCUT2D eigenvalue weighted by Crippen LogP contribution is 2.23. The van der Waals surface area contributed by atoms with Gasteiger partial charge in [-0.2, -0.15) is 5.10 Å². The molecule has 128 valence electrons. The Morgan fingerprint density at radius 3 is 2.84 bits per heavy atom. The summed E-state index contributed by atoms with van der Waals surface area (Å²) in [5.41, 5.74) is 4.22. The maximum Gasteiger partial charge on any atom is 0.270 e. The summed E-state index contributed by atoms with van der Waals surface area (Å²) < 4.78 is 10.6. The number of terminal acetylenes is 1. The number of nitrogens with one attached hydrogen (secondary N) is 1. The van der Waals surface area contributed by atoms with Gasteiger partial charge in [0, 0.05) is 23.3 Å². The molecule has 0 saturated heterocycles. The van der Waals surface area contributed by atoms with E-state index in [-0.39, 0.29) is 12.3 Å². The van der Waals surface area contributed by atoms with Crippen molar-refractivity contribution in [1.29, 1.82) is 0 Å². The van der Waals surface area contributed by atoms with Gasteiger partial charge in [-0.15, -0.1) is 6.42 Å². The Kier molecular flexibility index (Phi) is 6.37. The number of para-hydroxylation sites is 1. The smallest absolute Gasteiger partial charge is 0.270 e. The van der Waals surface area contributed by atoms with Crippen LogP contribution in [0.25, 0.3) is 0 Å². The molecule has 0 aliphatic heterocycles. The van der Waals surface area contributed by atoms with E-state index in [4.69, 9.17) is 15.9 Å². The van der Waals surface area contributed by atoms with Gasteiger partial charge in [-0.1, -0.05) is 24.1 Å². The number of benzene rings is 2. The van der Waals surface area contributed by atoms with Crippen LogP contribution in [-0.2, 0) is 6.54 Å². The van der Waals surface area contributed by atoms with Crippen molar-refractivity contribution in [3.8, 4) is 23.8 Å². The molecule has 25 heavy (non-hydrogen) atoms. The number of non-ortho nitro benzene ring substituents is 1. The number of nitrogens with zero attached hydrogens (tertiary/aromatic N) is 2. The van der Waals surface area contributed by atoms with Crippen LogP contribution in [0.5, 0.6) is 11.5 Å². The summed E-state index contributed by atoms with van der Waals surface area (Å²) in [5, 5.41) is 15.0. The van der Waals surface area contributed by atoms with Crippen molar-refractivity contribution >= 4 is 11.9 Å². The largest absolute Gasteiger partial charge is 0.496 e. The fourth-order valence-electron chi connectivity index (χ4n) is 2.10. The third-order valence-corrected chi connectivity index (χ3v) is 3.27. The molecule has 0 heterocycles. The topological polar surface area (TPSA) is 86.0 Å². The molecule has 0 atom stereocenters. The predicted molar refractivity (Wildman–Crippen MR) is 94.9 cm³/mol. The van der Waals surface area contributed by atoms with Crippen LogP contribution in [0.4, 0.5) is 5.69 Å². The molecule has 0 saturated carbocycles. The second-order valence-electron chi connectivity index (χ2n) is 4.88. The molecule has 0 radical (unpaired) electrons. The van der Waals surface area contributed by atoms with Gasteiger partial charge < -0.3 is 14.9 Å². The normalized spacial score (nSPS) is 10.2. The van der Waals surface area contributed by atoms with Crippen LogP contribution in [0.1, 0.15) is 11.1 Å². The number of hydrazone groups is 1. The molecule has 2 rings (SSSR count). The van der Waals surface area contributed by atoms with Gasteiger partial charge in [0.05, 0.1) is 24.8 Å². The van der Waals surface area contributed by atoms with Gasteiger partial charge in [-0.3, -0.25) is 10.1 Å². The molecule has 0 spiro atoms. The number of rotatable bonds is 8. The fourth-order valence-corrected chi connectivity index (χ4v) is 2.10. The molecular formula is C18H17N3O4. The third-order valence-electron chi connectivity index (χ3n) is 3.27. The SMILES string of the molecule is C#CCOc1ccc([N+](=O)[O-])cc1/C=N\NCc1ccccc1OC. The first-order valence-electron chi connectivity index (χ1n) is 7.38. The quantitative estimate of drug-likeness (QED) is 0.346. The van der Waals surface area contributed by atoms with E-state index in [9.17, 15) is 10.1 Å². The zero-order valence-corrected chi connectivity index (χ0v) is 13.6. The first-order valence-corrected chi connectivity index (χ1v) is 7.38. The predicted octanol–water partition coefficient (Wildman–Crippen LogP) is 2.74. The zero-order valence-electron chi connectivity index (χ0n) is 13.6.